The van der Waals surface area contributed by atoms with Gasteiger partial charge >= 0.3 is 18.1 Å². The van der Waals surface area contributed by atoms with Crippen LogP contribution in [0.25, 0.3) is 5.57 Å². The molecule has 5 nitrogen and oxygen atoms in total. The van der Waals surface area contributed by atoms with Crippen LogP contribution in [-0.4, -0.2) is 32.8 Å². The quantitative estimate of drug-likeness (QED) is 0.612. The summed E-state index contributed by atoms with van der Waals surface area (Å²) in [6.07, 6.45) is -4.46. The molecule has 0 aliphatic heterocycles. The lowest BCUT2D eigenvalue weighted by Crippen LogP contribution is -2.28. The van der Waals surface area contributed by atoms with E-state index in [1.54, 1.807) is 26.0 Å². The van der Waals surface area contributed by atoms with Gasteiger partial charge in [-0.15, -0.1) is 0 Å². The van der Waals surface area contributed by atoms with Gasteiger partial charge in [0, 0.05) is 0 Å². The van der Waals surface area contributed by atoms with Crippen molar-refractivity contribution < 1.29 is 37.0 Å². The number of carbonyl (C=O) groups excluding carboxylic acids is 2. The Morgan fingerprint density at radius 1 is 1.03 bits per heavy atom. The molecule has 0 radical (unpaired) electrons. The third-order valence-electron chi connectivity index (χ3n) is 5.37. The molecule has 164 valence electrons. The second kappa shape index (κ2) is 8.09. The zero-order valence-corrected chi connectivity index (χ0v) is 17.4. The molecule has 0 bridgehead atoms. The van der Waals surface area contributed by atoms with Crippen LogP contribution < -0.4 is 4.74 Å². The van der Waals surface area contributed by atoms with Gasteiger partial charge in [0.15, 0.2) is 0 Å². The first-order valence-corrected chi connectivity index (χ1v) is 9.46. The molecule has 2 aromatic carbocycles. The van der Waals surface area contributed by atoms with Gasteiger partial charge in [-0.3, -0.25) is 4.79 Å². The van der Waals surface area contributed by atoms with Crippen molar-refractivity contribution in [2.24, 2.45) is 0 Å². The monoisotopic (exact) mass is 434 g/mol. The minimum Gasteiger partial charge on any atom is -0.496 e. The Balaban J connectivity index is 2.12. The predicted molar refractivity (Wildman–Crippen MR) is 107 cm³/mol. The molecule has 1 aliphatic rings. The number of hydrogen-bond acceptors (Lipinski definition) is 5. The molecule has 8 heteroatoms. The molecular weight excluding hydrogens is 413 g/mol. The fraction of sp³-hybridized carbons (Fsp3) is 0.304. The van der Waals surface area contributed by atoms with Crippen LogP contribution in [0.4, 0.5) is 13.2 Å². The summed E-state index contributed by atoms with van der Waals surface area (Å²) in [6.45, 7) is 3.50. The average molecular weight is 434 g/mol. The smallest absolute Gasteiger partial charge is 0.416 e. The van der Waals surface area contributed by atoms with Crippen molar-refractivity contribution in [1.29, 1.82) is 0 Å². The standard InChI is InChI=1S/C23H21F3O5/c1-5-31-21(28)22(16-10-11-18(29-3)17(12-16)20(27)30-4)13(2)19(22)14-6-8-15(9-7-14)23(24,25)26/h6-12H,5H2,1-4H3. The third-order valence-corrected chi connectivity index (χ3v) is 5.37. The van der Waals surface area contributed by atoms with Crippen LogP contribution in [0.2, 0.25) is 0 Å². The minimum atomic E-state index is -4.46. The first-order valence-electron chi connectivity index (χ1n) is 9.46. The summed E-state index contributed by atoms with van der Waals surface area (Å²) in [6, 6.07) is 9.25. The fourth-order valence-corrected chi connectivity index (χ4v) is 3.85. The summed E-state index contributed by atoms with van der Waals surface area (Å²) < 4.78 is 54.1. The van der Waals surface area contributed by atoms with Gasteiger partial charge in [0.05, 0.1) is 26.4 Å². The second-order valence-corrected chi connectivity index (χ2v) is 6.95. The van der Waals surface area contributed by atoms with Crippen molar-refractivity contribution in [2.75, 3.05) is 20.8 Å². The van der Waals surface area contributed by atoms with Crippen molar-refractivity contribution in [2.45, 2.75) is 25.4 Å². The molecule has 0 saturated heterocycles. The Morgan fingerprint density at radius 2 is 1.68 bits per heavy atom. The Hall–Kier alpha value is -3.29. The first kappa shape index (κ1) is 22.4. The van der Waals surface area contributed by atoms with E-state index in [0.717, 1.165) is 12.1 Å². The number of ether oxygens (including phenoxy) is 3. The topological polar surface area (TPSA) is 61.8 Å². The van der Waals surface area contributed by atoms with E-state index in [2.05, 4.69) is 0 Å². The summed E-state index contributed by atoms with van der Waals surface area (Å²) in [5, 5.41) is 0. The molecule has 0 fully saturated rings. The van der Waals surface area contributed by atoms with Gasteiger partial charge < -0.3 is 14.2 Å². The molecule has 1 unspecified atom stereocenters. The molecule has 3 rings (SSSR count). The normalized spacial score (nSPS) is 17.9. The average Bonchev–Trinajstić information content (AvgIpc) is 3.38. The van der Waals surface area contributed by atoms with E-state index in [0.29, 0.717) is 22.3 Å². The van der Waals surface area contributed by atoms with E-state index >= 15 is 0 Å². The molecule has 0 N–H and O–H groups in total. The lowest BCUT2D eigenvalue weighted by Gasteiger charge is -2.21. The van der Waals surface area contributed by atoms with Crippen molar-refractivity contribution in [3.63, 3.8) is 0 Å². The van der Waals surface area contributed by atoms with Crippen LogP contribution >= 0.6 is 0 Å². The Kier molecular flexibility index (Phi) is 5.85. The summed E-state index contributed by atoms with van der Waals surface area (Å²) in [5.41, 5.74) is 0.123. The first-order chi connectivity index (χ1) is 14.6. The molecule has 1 atom stereocenters. The highest BCUT2D eigenvalue weighted by molar-refractivity contribution is 6.15. The molecule has 2 aromatic rings. The largest absolute Gasteiger partial charge is 0.496 e. The van der Waals surface area contributed by atoms with Crippen molar-refractivity contribution in [1.82, 2.24) is 0 Å². The highest BCUT2D eigenvalue weighted by Gasteiger charge is 2.60. The van der Waals surface area contributed by atoms with Crippen LogP contribution in [0.3, 0.4) is 0 Å². The maximum Gasteiger partial charge on any atom is 0.416 e. The van der Waals surface area contributed by atoms with Crippen LogP contribution in [0.1, 0.15) is 40.9 Å². The summed E-state index contributed by atoms with van der Waals surface area (Å²) in [7, 11) is 2.63. The van der Waals surface area contributed by atoms with Gasteiger partial charge in [0.1, 0.15) is 16.7 Å². The van der Waals surface area contributed by atoms with E-state index in [4.69, 9.17) is 14.2 Å². The lowest BCUT2D eigenvalue weighted by atomic mass is 9.85. The van der Waals surface area contributed by atoms with E-state index in [1.807, 2.05) is 0 Å². The van der Waals surface area contributed by atoms with Gasteiger partial charge in [-0.25, -0.2) is 4.79 Å². The number of benzene rings is 2. The van der Waals surface area contributed by atoms with E-state index in [1.165, 1.54) is 32.4 Å². The number of halogens is 3. The SMILES string of the molecule is CCOC(=O)C1(c2ccc(OC)c(C(=O)OC)c2)C(C)=C1c1ccc(C(F)(F)F)cc1. The van der Waals surface area contributed by atoms with Gasteiger partial charge in [-0.1, -0.05) is 18.2 Å². The number of hydrogen-bond donors (Lipinski definition) is 0. The van der Waals surface area contributed by atoms with E-state index in [9.17, 15) is 22.8 Å². The van der Waals surface area contributed by atoms with Crippen LogP contribution in [0, 0.1) is 0 Å². The van der Waals surface area contributed by atoms with Gasteiger partial charge in [0.2, 0.25) is 0 Å². The zero-order valence-electron chi connectivity index (χ0n) is 17.4. The van der Waals surface area contributed by atoms with E-state index in [-0.39, 0.29) is 17.9 Å². The number of alkyl halides is 3. The molecule has 0 saturated carbocycles. The molecule has 0 spiro atoms. The third kappa shape index (κ3) is 3.66. The number of rotatable bonds is 6. The maximum atomic E-state index is 13.1. The fourth-order valence-electron chi connectivity index (χ4n) is 3.85. The summed E-state index contributed by atoms with van der Waals surface area (Å²) in [5.74, 6) is -0.945. The highest BCUT2D eigenvalue weighted by Crippen LogP contribution is 2.60. The van der Waals surface area contributed by atoms with E-state index < -0.39 is 29.1 Å². The number of methoxy groups -OCH3 is 2. The molecule has 31 heavy (non-hydrogen) atoms. The summed E-state index contributed by atoms with van der Waals surface area (Å²) in [4.78, 5) is 25.3. The van der Waals surface area contributed by atoms with Gasteiger partial charge in [0.25, 0.3) is 0 Å². The molecular formula is C23H21F3O5. The zero-order chi connectivity index (χ0) is 23.0. The Morgan fingerprint density at radius 3 is 2.19 bits per heavy atom. The van der Waals surface area contributed by atoms with Crippen molar-refractivity contribution >= 4 is 17.5 Å². The van der Waals surface area contributed by atoms with Crippen molar-refractivity contribution in [3.05, 3.63) is 70.3 Å². The minimum absolute atomic E-state index is 0.119. The highest BCUT2D eigenvalue weighted by atomic mass is 19.4. The van der Waals surface area contributed by atoms with Crippen molar-refractivity contribution in [3.8, 4) is 5.75 Å². The lowest BCUT2D eigenvalue weighted by molar-refractivity contribution is -0.145. The Labute approximate surface area is 177 Å². The maximum absolute atomic E-state index is 13.1. The molecule has 0 heterocycles. The van der Waals surface area contributed by atoms with Crippen LogP contribution in [-0.2, 0) is 25.9 Å². The Bertz CT molecular complexity index is 1050. The number of carbonyl (C=O) groups is 2. The molecule has 0 aromatic heterocycles. The number of esters is 2. The summed E-state index contributed by atoms with van der Waals surface area (Å²) >= 11 is 0. The van der Waals surface area contributed by atoms with Gasteiger partial charge in [-0.05, 0) is 60.4 Å². The molecule has 1 aliphatic carbocycles. The molecule has 0 amide bonds. The predicted octanol–water partition coefficient (Wildman–Crippen LogP) is 4.79. The van der Waals surface area contributed by atoms with Crippen LogP contribution in [0.15, 0.2) is 48.0 Å². The van der Waals surface area contributed by atoms with Gasteiger partial charge in [-0.2, -0.15) is 13.2 Å². The van der Waals surface area contributed by atoms with Crippen LogP contribution in [0.5, 0.6) is 5.75 Å². The second-order valence-electron chi connectivity index (χ2n) is 6.95.